The minimum absolute atomic E-state index is 0.0864. The van der Waals surface area contributed by atoms with E-state index in [2.05, 4.69) is 71.6 Å². The highest BCUT2D eigenvalue weighted by atomic mass is 32.1. The average molecular weight is 593 g/mol. The number of rotatable bonds is 11. The van der Waals surface area contributed by atoms with Crippen molar-refractivity contribution in [1.82, 2.24) is 19.7 Å². The first-order valence-corrected chi connectivity index (χ1v) is 16.8. The van der Waals surface area contributed by atoms with Crippen LogP contribution in [0.5, 0.6) is 0 Å². The van der Waals surface area contributed by atoms with Crippen LogP contribution in [0, 0.1) is 13.8 Å². The molecule has 1 aromatic carbocycles. The fourth-order valence-electron chi connectivity index (χ4n) is 7.50. The molecule has 0 spiro atoms. The summed E-state index contributed by atoms with van der Waals surface area (Å²) in [6.45, 7) is 16.0. The number of aryl methyl sites for hydroxylation is 2. The number of amides is 1. The molecule has 0 unspecified atom stereocenters. The number of fused-ring (bicyclic) bond motifs is 3. The maximum Gasteiger partial charge on any atom is 0.233 e. The molecule has 2 aromatic heterocycles. The predicted molar refractivity (Wildman–Crippen MR) is 171 cm³/mol. The lowest BCUT2D eigenvalue weighted by molar-refractivity contribution is -0.137. The van der Waals surface area contributed by atoms with Gasteiger partial charge in [-0.25, -0.2) is 0 Å². The summed E-state index contributed by atoms with van der Waals surface area (Å²) in [5, 5.41) is 10.2. The second-order valence-electron chi connectivity index (χ2n) is 13.3. The van der Waals surface area contributed by atoms with E-state index >= 15 is 0 Å². The molecule has 2 N–H and O–H groups in total. The van der Waals surface area contributed by atoms with Crippen molar-refractivity contribution < 1.29 is 14.6 Å². The van der Waals surface area contributed by atoms with Gasteiger partial charge in [0.1, 0.15) is 4.83 Å². The number of ether oxygens (including phenoxy) is 1. The molecule has 3 aliphatic rings. The summed E-state index contributed by atoms with van der Waals surface area (Å²) in [7, 11) is 0. The Morgan fingerprint density at radius 3 is 2.19 bits per heavy atom. The molecule has 8 heteroatoms. The van der Waals surface area contributed by atoms with Crippen molar-refractivity contribution >= 4 is 27.5 Å². The van der Waals surface area contributed by atoms with Gasteiger partial charge in [0, 0.05) is 61.6 Å². The minimum atomic E-state index is -0.524. The van der Waals surface area contributed by atoms with Gasteiger partial charge in [0.25, 0.3) is 0 Å². The van der Waals surface area contributed by atoms with Crippen molar-refractivity contribution in [1.29, 1.82) is 0 Å². The van der Waals surface area contributed by atoms with E-state index in [0.717, 1.165) is 45.7 Å². The molecule has 3 fully saturated rings. The SMILES string of the molecule is Cc1cc(C)cc(-c2[nH]c3sc(C(C)(C)C(=O)N4C5CCC4CC5)cc3c2CCN2CCN(CCOCCO)CC2)c1. The number of thiophene rings is 1. The van der Waals surface area contributed by atoms with Crippen LogP contribution in [0.25, 0.3) is 21.5 Å². The van der Waals surface area contributed by atoms with Crippen molar-refractivity contribution in [2.45, 2.75) is 77.3 Å². The molecule has 3 aromatic rings. The molecule has 7 nitrogen and oxygen atoms in total. The van der Waals surface area contributed by atoms with Gasteiger partial charge in [-0.3, -0.25) is 9.69 Å². The Morgan fingerprint density at radius 1 is 0.952 bits per heavy atom. The average Bonchev–Trinajstić information content (AvgIpc) is 3.74. The molecule has 6 rings (SSSR count). The van der Waals surface area contributed by atoms with Crippen LogP contribution in [0.2, 0.25) is 0 Å². The van der Waals surface area contributed by atoms with E-state index in [4.69, 9.17) is 9.84 Å². The Morgan fingerprint density at radius 2 is 1.57 bits per heavy atom. The van der Waals surface area contributed by atoms with Gasteiger partial charge >= 0.3 is 0 Å². The summed E-state index contributed by atoms with van der Waals surface area (Å²) in [4.78, 5) is 27.4. The van der Waals surface area contributed by atoms with E-state index in [0.29, 0.717) is 31.2 Å². The number of nitrogens with one attached hydrogen (secondary N) is 1. The van der Waals surface area contributed by atoms with Crippen LogP contribution in [0.3, 0.4) is 0 Å². The van der Waals surface area contributed by atoms with Crippen LogP contribution in [0.1, 0.15) is 61.1 Å². The Bertz CT molecular complexity index is 1360. The number of hydrogen-bond acceptors (Lipinski definition) is 6. The Hall–Kier alpha value is -2.23. The lowest BCUT2D eigenvalue weighted by Gasteiger charge is -2.34. The molecule has 228 valence electrons. The largest absolute Gasteiger partial charge is 0.394 e. The third kappa shape index (κ3) is 5.93. The quantitative estimate of drug-likeness (QED) is 0.303. The molecule has 2 bridgehead atoms. The van der Waals surface area contributed by atoms with E-state index in [9.17, 15) is 4.79 Å². The van der Waals surface area contributed by atoms with E-state index in [1.807, 2.05) is 0 Å². The molecule has 3 saturated heterocycles. The number of aliphatic hydroxyl groups excluding tert-OH is 1. The van der Waals surface area contributed by atoms with Crippen LogP contribution in [-0.4, -0.2) is 102 Å². The molecular formula is C34H48N4O3S. The molecule has 42 heavy (non-hydrogen) atoms. The van der Waals surface area contributed by atoms with Crippen molar-refractivity contribution in [3.8, 4) is 11.3 Å². The summed E-state index contributed by atoms with van der Waals surface area (Å²) in [6.07, 6.45) is 5.67. The van der Waals surface area contributed by atoms with E-state index in [1.165, 1.54) is 68.7 Å². The summed E-state index contributed by atoms with van der Waals surface area (Å²) >= 11 is 1.77. The van der Waals surface area contributed by atoms with Gasteiger partial charge in [0.2, 0.25) is 5.91 Å². The molecule has 0 saturated carbocycles. The summed E-state index contributed by atoms with van der Waals surface area (Å²) in [5.41, 5.74) is 5.90. The van der Waals surface area contributed by atoms with Crippen LogP contribution in [0.15, 0.2) is 24.3 Å². The van der Waals surface area contributed by atoms with Crippen molar-refractivity contribution in [2.24, 2.45) is 0 Å². The minimum Gasteiger partial charge on any atom is -0.394 e. The smallest absolute Gasteiger partial charge is 0.233 e. The summed E-state index contributed by atoms with van der Waals surface area (Å²) in [5.74, 6) is 0.312. The monoisotopic (exact) mass is 592 g/mol. The Kier molecular flexibility index (Phi) is 8.81. The predicted octanol–water partition coefficient (Wildman–Crippen LogP) is 5.11. The summed E-state index contributed by atoms with van der Waals surface area (Å²) in [6, 6.07) is 10.1. The van der Waals surface area contributed by atoms with E-state index < -0.39 is 5.41 Å². The van der Waals surface area contributed by atoms with Gasteiger partial charge in [-0.05, 0) is 89.1 Å². The maximum atomic E-state index is 13.9. The molecule has 5 heterocycles. The highest BCUT2D eigenvalue weighted by Gasteiger charge is 2.47. The van der Waals surface area contributed by atoms with Crippen molar-refractivity contribution in [3.05, 3.63) is 45.8 Å². The highest BCUT2D eigenvalue weighted by molar-refractivity contribution is 7.19. The number of aromatic nitrogens is 1. The number of benzene rings is 1. The van der Waals surface area contributed by atoms with Gasteiger partial charge in [-0.1, -0.05) is 17.2 Å². The molecular weight excluding hydrogens is 544 g/mol. The topological polar surface area (TPSA) is 72.0 Å². The number of carbonyl (C=O) groups is 1. The van der Waals surface area contributed by atoms with Gasteiger partial charge in [0.15, 0.2) is 0 Å². The Labute approximate surface area is 254 Å². The third-order valence-electron chi connectivity index (χ3n) is 9.88. The zero-order valence-electron chi connectivity index (χ0n) is 25.9. The first kappa shape index (κ1) is 29.8. The number of carbonyl (C=O) groups excluding carboxylic acids is 1. The summed E-state index contributed by atoms with van der Waals surface area (Å²) < 4.78 is 5.47. The first-order chi connectivity index (χ1) is 20.2. The lowest BCUT2D eigenvalue weighted by Crippen LogP contribution is -2.47. The lowest BCUT2D eigenvalue weighted by atomic mass is 9.88. The number of H-pyrrole nitrogens is 1. The molecule has 0 atom stereocenters. The highest BCUT2D eigenvalue weighted by Crippen LogP contribution is 2.44. The number of aromatic amines is 1. The normalized spacial score (nSPS) is 21.7. The zero-order chi connectivity index (χ0) is 29.4. The number of aliphatic hydroxyl groups is 1. The standard InChI is InChI=1S/C34H48N4O3S/c1-23-19-24(2)21-25(20-23)31-28(9-10-36-11-13-37(14-12-36)15-17-41-18-16-39)29-22-30(42-32(29)35-31)34(3,4)33(40)38-26-5-6-27(38)8-7-26/h19-22,26-27,35,39H,5-18H2,1-4H3. The van der Waals surface area contributed by atoms with Crippen LogP contribution >= 0.6 is 11.3 Å². The number of piperazine rings is 1. The van der Waals surface area contributed by atoms with Crippen LogP contribution in [0.4, 0.5) is 0 Å². The number of hydrogen-bond donors (Lipinski definition) is 2. The molecule has 0 radical (unpaired) electrons. The van der Waals surface area contributed by atoms with Crippen LogP contribution in [-0.2, 0) is 21.4 Å². The molecule has 0 aliphatic carbocycles. The maximum absolute atomic E-state index is 13.9. The first-order valence-electron chi connectivity index (χ1n) is 15.9. The second kappa shape index (κ2) is 12.4. The number of nitrogens with zero attached hydrogens (tertiary/aromatic N) is 3. The van der Waals surface area contributed by atoms with Crippen molar-refractivity contribution in [3.63, 3.8) is 0 Å². The van der Waals surface area contributed by atoms with Gasteiger partial charge in [0.05, 0.1) is 30.9 Å². The van der Waals surface area contributed by atoms with Crippen LogP contribution < -0.4 is 0 Å². The fraction of sp³-hybridized carbons (Fsp3) is 0.618. The van der Waals surface area contributed by atoms with Gasteiger partial charge < -0.3 is 24.6 Å². The van der Waals surface area contributed by atoms with Gasteiger partial charge in [-0.2, -0.15) is 0 Å². The van der Waals surface area contributed by atoms with Gasteiger partial charge in [-0.15, -0.1) is 11.3 Å². The van der Waals surface area contributed by atoms with E-state index in [1.54, 1.807) is 11.3 Å². The molecule has 1 amide bonds. The zero-order valence-corrected chi connectivity index (χ0v) is 26.7. The third-order valence-corrected chi connectivity index (χ3v) is 11.3. The van der Waals surface area contributed by atoms with E-state index in [-0.39, 0.29) is 6.61 Å². The second-order valence-corrected chi connectivity index (χ2v) is 14.3. The van der Waals surface area contributed by atoms with Crippen molar-refractivity contribution in [2.75, 3.05) is 59.1 Å². The fourth-order valence-corrected chi connectivity index (χ4v) is 8.69. The Balaban J connectivity index is 1.23. The molecule has 3 aliphatic heterocycles.